The number of benzene rings is 2. The fourth-order valence-electron chi connectivity index (χ4n) is 3.72. The molecule has 138 valence electrons. The Balaban J connectivity index is 1.75. The molecular weight excluding hydrogens is 360 g/mol. The van der Waals surface area contributed by atoms with Crippen LogP contribution in [-0.2, 0) is 13.1 Å². The van der Waals surface area contributed by atoms with E-state index < -0.39 is 10.6 Å². The highest BCUT2D eigenvalue weighted by Gasteiger charge is 2.26. The van der Waals surface area contributed by atoms with Crippen LogP contribution in [0.15, 0.2) is 36.4 Å². The molecule has 0 saturated carbocycles. The first-order valence-corrected chi connectivity index (χ1v) is 10.7. The number of rotatable bonds is 2. The molecule has 4 rings (SSSR count). The van der Waals surface area contributed by atoms with Crippen LogP contribution in [0.3, 0.4) is 0 Å². The van der Waals surface area contributed by atoms with E-state index in [1.165, 1.54) is 0 Å². The molecule has 2 aromatic carbocycles. The highest BCUT2D eigenvalue weighted by atomic mass is 32.3. The van der Waals surface area contributed by atoms with Gasteiger partial charge in [-0.2, -0.15) is 21.1 Å². The van der Waals surface area contributed by atoms with Crippen LogP contribution >= 0.6 is 10.6 Å². The lowest BCUT2D eigenvalue weighted by atomic mass is 9.95. The molecule has 2 N–H and O–H groups in total. The minimum Gasteiger partial charge on any atom is -0.368 e. The first-order valence-electron chi connectivity index (χ1n) is 8.79. The number of fused-ring (bicyclic) bond motifs is 1. The summed E-state index contributed by atoms with van der Waals surface area (Å²) >= 11 is 0. The SMILES string of the molecule is N#Cc1ccc(-c2cc(N3CCS(O)(O)CC3)cc3c2CN(C#N)C3)cc1. The maximum atomic E-state index is 9.89. The summed E-state index contributed by atoms with van der Waals surface area (Å²) in [5, 5.41) is 18.4. The number of nitriles is 2. The molecule has 0 unspecified atom stereocenters. The lowest BCUT2D eigenvalue weighted by Gasteiger charge is -2.42. The van der Waals surface area contributed by atoms with Gasteiger partial charge in [0.2, 0.25) is 0 Å². The van der Waals surface area contributed by atoms with Crippen molar-refractivity contribution in [3.05, 3.63) is 53.1 Å². The summed E-state index contributed by atoms with van der Waals surface area (Å²) in [4.78, 5) is 3.91. The van der Waals surface area contributed by atoms with Crippen molar-refractivity contribution in [2.24, 2.45) is 0 Å². The molecule has 0 bridgehead atoms. The molecule has 1 fully saturated rings. The van der Waals surface area contributed by atoms with Crippen molar-refractivity contribution in [1.29, 1.82) is 10.5 Å². The second kappa shape index (κ2) is 6.79. The molecule has 0 aliphatic carbocycles. The molecule has 0 spiro atoms. The van der Waals surface area contributed by atoms with Gasteiger partial charge in [0, 0.05) is 18.8 Å². The molecule has 2 aliphatic rings. The maximum Gasteiger partial charge on any atom is 0.179 e. The Hall–Kier alpha value is -2.71. The van der Waals surface area contributed by atoms with E-state index in [1.807, 2.05) is 24.3 Å². The average Bonchev–Trinajstić information content (AvgIpc) is 3.10. The summed E-state index contributed by atoms with van der Waals surface area (Å²) < 4.78 is 19.8. The quantitative estimate of drug-likeness (QED) is 0.773. The van der Waals surface area contributed by atoms with Crippen molar-refractivity contribution < 1.29 is 9.11 Å². The van der Waals surface area contributed by atoms with Gasteiger partial charge in [-0.15, -0.1) is 0 Å². The Bertz CT molecular complexity index is 950. The zero-order chi connectivity index (χ0) is 19.0. The predicted octanol–water partition coefficient (Wildman–Crippen LogP) is 3.59. The Morgan fingerprint density at radius 2 is 1.67 bits per heavy atom. The normalized spacial score (nSPS) is 19.1. The van der Waals surface area contributed by atoms with Gasteiger partial charge in [-0.05, 0) is 46.5 Å². The van der Waals surface area contributed by atoms with Crippen LogP contribution in [0.2, 0.25) is 0 Å². The Morgan fingerprint density at radius 1 is 0.963 bits per heavy atom. The molecule has 7 heteroatoms. The molecule has 27 heavy (non-hydrogen) atoms. The first kappa shape index (κ1) is 17.7. The van der Waals surface area contributed by atoms with Crippen LogP contribution in [0.4, 0.5) is 5.69 Å². The van der Waals surface area contributed by atoms with Crippen LogP contribution in [-0.4, -0.2) is 38.6 Å². The van der Waals surface area contributed by atoms with Crippen molar-refractivity contribution in [2.75, 3.05) is 29.5 Å². The number of anilines is 1. The van der Waals surface area contributed by atoms with E-state index in [1.54, 1.807) is 4.90 Å². The molecule has 2 heterocycles. The average molecular weight is 380 g/mol. The van der Waals surface area contributed by atoms with Crippen molar-refractivity contribution in [3.8, 4) is 23.4 Å². The third kappa shape index (κ3) is 3.45. The number of hydrogen-bond donors (Lipinski definition) is 2. The Morgan fingerprint density at radius 3 is 2.30 bits per heavy atom. The van der Waals surface area contributed by atoms with Crippen LogP contribution in [0.5, 0.6) is 0 Å². The summed E-state index contributed by atoms with van der Waals surface area (Å²) in [7, 11) is -2.44. The monoisotopic (exact) mass is 380 g/mol. The first-order chi connectivity index (χ1) is 13.0. The van der Waals surface area contributed by atoms with Gasteiger partial charge in [-0.1, -0.05) is 12.1 Å². The van der Waals surface area contributed by atoms with E-state index in [9.17, 15) is 14.4 Å². The summed E-state index contributed by atoms with van der Waals surface area (Å²) in [6, 6.07) is 13.9. The van der Waals surface area contributed by atoms with Crippen LogP contribution in [0.25, 0.3) is 11.1 Å². The highest BCUT2D eigenvalue weighted by molar-refractivity contribution is 8.24. The lowest BCUT2D eigenvalue weighted by Crippen LogP contribution is -2.38. The van der Waals surface area contributed by atoms with Crippen LogP contribution in [0.1, 0.15) is 16.7 Å². The third-order valence-electron chi connectivity index (χ3n) is 5.25. The zero-order valence-electron chi connectivity index (χ0n) is 14.8. The number of nitrogens with zero attached hydrogens (tertiary/aromatic N) is 4. The molecule has 2 aromatic rings. The summed E-state index contributed by atoms with van der Waals surface area (Å²) in [6.45, 7) is 2.39. The van der Waals surface area contributed by atoms with E-state index in [0.29, 0.717) is 43.2 Å². The molecule has 2 aliphatic heterocycles. The van der Waals surface area contributed by atoms with Crippen molar-refractivity contribution in [2.45, 2.75) is 13.1 Å². The largest absolute Gasteiger partial charge is 0.368 e. The van der Waals surface area contributed by atoms with E-state index in [4.69, 9.17) is 5.26 Å². The van der Waals surface area contributed by atoms with Crippen molar-refractivity contribution >= 4 is 16.3 Å². The van der Waals surface area contributed by atoms with Gasteiger partial charge in [0.05, 0.1) is 36.2 Å². The smallest absolute Gasteiger partial charge is 0.179 e. The highest BCUT2D eigenvalue weighted by Crippen LogP contribution is 2.43. The maximum absolute atomic E-state index is 9.89. The minimum atomic E-state index is -2.44. The van der Waals surface area contributed by atoms with E-state index in [2.05, 4.69) is 29.3 Å². The molecular formula is C20H20N4O2S. The summed E-state index contributed by atoms with van der Waals surface area (Å²) in [6.07, 6.45) is 2.23. The van der Waals surface area contributed by atoms with Crippen molar-refractivity contribution in [1.82, 2.24) is 4.90 Å². The second-order valence-corrected chi connectivity index (χ2v) is 9.39. The van der Waals surface area contributed by atoms with Crippen molar-refractivity contribution in [3.63, 3.8) is 0 Å². The Kier molecular flexibility index (Phi) is 4.45. The topological polar surface area (TPSA) is 94.5 Å². The van der Waals surface area contributed by atoms with Gasteiger partial charge in [0.25, 0.3) is 0 Å². The van der Waals surface area contributed by atoms with Gasteiger partial charge < -0.3 is 9.80 Å². The standard InChI is InChI=1S/C20H20N4O2S/c21-11-15-1-3-16(4-2-15)19-10-18(24-5-7-27(25,26)8-6-24)9-17-12-23(14-22)13-20(17)19/h1-4,9-10,25-26H,5-8,12-13H2. The van der Waals surface area contributed by atoms with Crippen LogP contribution < -0.4 is 4.90 Å². The second-order valence-electron chi connectivity index (χ2n) is 6.97. The minimum absolute atomic E-state index is 0.389. The summed E-state index contributed by atoms with van der Waals surface area (Å²) in [5.41, 5.74) is 6.03. The Labute approximate surface area is 160 Å². The molecule has 0 radical (unpaired) electrons. The fourth-order valence-corrected chi connectivity index (χ4v) is 4.95. The lowest BCUT2D eigenvalue weighted by molar-refractivity contribution is 0.417. The van der Waals surface area contributed by atoms with E-state index in [0.717, 1.165) is 27.9 Å². The van der Waals surface area contributed by atoms with Gasteiger partial charge in [0.1, 0.15) is 0 Å². The fraction of sp³-hybridized carbons (Fsp3) is 0.300. The molecule has 1 saturated heterocycles. The molecule has 0 aromatic heterocycles. The molecule has 0 atom stereocenters. The van der Waals surface area contributed by atoms with E-state index >= 15 is 0 Å². The van der Waals surface area contributed by atoms with Gasteiger partial charge in [0.15, 0.2) is 6.19 Å². The zero-order valence-corrected chi connectivity index (χ0v) is 15.6. The number of hydrogen-bond acceptors (Lipinski definition) is 6. The summed E-state index contributed by atoms with van der Waals surface area (Å²) in [5.74, 6) is 0.779. The third-order valence-corrected chi connectivity index (χ3v) is 6.92. The molecule has 0 amide bonds. The van der Waals surface area contributed by atoms with Crippen LogP contribution in [0, 0.1) is 22.8 Å². The van der Waals surface area contributed by atoms with E-state index in [-0.39, 0.29) is 0 Å². The van der Waals surface area contributed by atoms with Gasteiger partial charge in [-0.3, -0.25) is 9.11 Å². The predicted molar refractivity (Wildman–Crippen MR) is 106 cm³/mol. The van der Waals surface area contributed by atoms with Gasteiger partial charge in [-0.25, -0.2) is 0 Å². The van der Waals surface area contributed by atoms with Gasteiger partial charge >= 0.3 is 0 Å². The molecule has 6 nitrogen and oxygen atoms in total.